The fraction of sp³-hybridized carbons (Fsp3) is 0.524. The number of benzene rings is 2. The maximum Gasteiger partial charge on any atom is 0.178 e. The summed E-state index contributed by atoms with van der Waals surface area (Å²) in [6, 6.07) is 13.3. The van der Waals surface area contributed by atoms with E-state index in [4.69, 9.17) is 0 Å². The van der Waals surface area contributed by atoms with Gasteiger partial charge in [-0.3, -0.25) is 0 Å². The van der Waals surface area contributed by atoms with Gasteiger partial charge in [0.2, 0.25) is 0 Å². The first-order chi connectivity index (χ1) is 11.6. The van der Waals surface area contributed by atoms with E-state index in [1.807, 2.05) is 30.3 Å². The molecule has 0 bridgehead atoms. The van der Waals surface area contributed by atoms with E-state index in [1.54, 1.807) is 12.1 Å². The summed E-state index contributed by atoms with van der Waals surface area (Å²) in [5.74, 6) is 0.265. The quantitative estimate of drug-likeness (QED) is 0.458. The van der Waals surface area contributed by atoms with Gasteiger partial charge in [-0.15, -0.1) is 0 Å². The number of unbranched alkanes of at least 4 members (excludes halogenated alkanes) is 8. The lowest BCUT2D eigenvalue weighted by Crippen LogP contribution is -2.06. The SMILES string of the molecule is CCCCCCCCCCCS(=O)(=O)c1ccc2ccccc2c1. The van der Waals surface area contributed by atoms with E-state index < -0.39 is 9.84 Å². The second-order valence-corrected chi connectivity index (χ2v) is 8.77. The van der Waals surface area contributed by atoms with Crippen LogP contribution >= 0.6 is 0 Å². The van der Waals surface area contributed by atoms with Gasteiger partial charge in [-0.05, 0) is 29.3 Å². The van der Waals surface area contributed by atoms with Crippen LogP contribution in [0, 0.1) is 0 Å². The van der Waals surface area contributed by atoms with Gasteiger partial charge in [0, 0.05) is 0 Å². The van der Waals surface area contributed by atoms with Crippen LogP contribution in [0.2, 0.25) is 0 Å². The van der Waals surface area contributed by atoms with Crippen molar-refractivity contribution in [3.05, 3.63) is 42.5 Å². The third kappa shape index (κ3) is 5.94. The molecule has 2 nitrogen and oxygen atoms in total. The average molecular weight is 347 g/mol. The number of fused-ring (bicyclic) bond motifs is 1. The molecule has 132 valence electrons. The van der Waals surface area contributed by atoms with E-state index in [9.17, 15) is 8.42 Å². The molecule has 0 aliphatic carbocycles. The molecule has 0 aromatic heterocycles. The molecule has 3 heteroatoms. The molecule has 0 fully saturated rings. The first-order valence-electron chi connectivity index (χ1n) is 9.35. The Morgan fingerprint density at radius 3 is 1.96 bits per heavy atom. The van der Waals surface area contributed by atoms with Crippen LogP contribution in [0.4, 0.5) is 0 Å². The Labute approximate surface area is 147 Å². The fourth-order valence-corrected chi connectivity index (χ4v) is 4.48. The van der Waals surface area contributed by atoms with Crippen LogP contribution in [0.1, 0.15) is 64.7 Å². The van der Waals surface area contributed by atoms with Gasteiger partial charge in [0.05, 0.1) is 10.6 Å². The Balaban J connectivity index is 1.74. The van der Waals surface area contributed by atoms with Crippen molar-refractivity contribution >= 4 is 20.6 Å². The smallest absolute Gasteiger partial charge is 0.178 e. The van der Waals surface area contributed by atoms with Gasteiger partial charge in [0.1, 0.15) is 0 Å². The Hall–Kier alpha value is -1.35. The zero-order chi connectivity index (χ0) is 17.3. The summed E-state index contributed by atoms with van der Waals surface area (Å²) in [5.41, 5.74) is 0. The predicted octanol–water partition coefficient (Wildman–Crippen LogP) is 6.14. The highest BCUT2D eigenvalue weighted by molar-refractivity contribution is 7.91. The average Bonchev–Trinajstić information content (AvgIpc) is 2.60. The highest BCUT2D eigenvalue weighted by Crippen LogP contribution is 2.21. The third-order valence-electron chi connectivity index (χ3n) is 4.60. The van der Waals surface area contributed by atoms with Gasteiger partial charge >= 0.3 is 0 Å². The number of rotatable bonds is 11. The lowest BCUT2D eigenvalue weighted by atomic mass is 10.1. The molecule has 2 aromatic rings. The Bertz CT molecular complexity index is 719. The van der Waals surface area contributed by atoms with Crippen molar-refractivity contribution in [2.24, 2.45) is 0 Å². The molecule has 0 radical (unpaired) electrons. The first-order valence-corrected chi connectivity index (χ1v) is 11.0. The minimum Gasteiger partial charge on any atom is -0.224 e. The van der Waals surface area contributed by atoms with E-state index in [0.29, 0.717) is 4.90 Å². The summed E-state index contributed by atoms with van der Waals surface area (Å²) in [6.45, 7) is 2.23. The Kier molecular flexibility index (Phi) is 7.77. The molecular formula is C21H30O2S. The molecule has 0 spiro atoms. The summed E-state index contributed by atoms with van der Waals surface area (Å²) in [5, 5.41) is 2.07. The van der Waals surface area contributed by atoms with Gasteiger partial charge < -0.3 is 0 Å². The fourth-order valence-electron chi connectivity index (χ4n) is 3.08. The van der Waals surface area contributed by atoms with Crippen molar-refractivity contribution in [1.29, 1.82) is 0 Å². The molecular weight excluding hydrogens is 316 g/mol. The number of hydrogen-bond donors (Lipinski definition) is 0. The molecule has 0 heterocycles. The summed E-state index contributed by atoms with van der Waals surface area (Å²) in [6.07, 6.45) is 10.7. The van der Waals surface area contributed by atoms with Crippen molar-refractivity contribution in [3.63, 3.8) is 0 Å². The molecule has 24 heavy (non-hydrogen) atoms. The molecule has 2 rings (SSSR count). The molecule has 0 N–H and O–H groups in total. The van der Waals surface area contributed by atoms with Crippen molar-refractivity contribution in [2.45, 2.75) is 69.6 Å². The van der Waals surface area contributed by atoms with E-state index in [2.05, 4.69) is 6.92 Å². The topological polar surface area (TPSA) is 34.1 Å². The van der Waals surface area contributed by atoms with Gasteiger partial charge in [-0.2, -0.15) is 0 Å². The predicted molar refractivity (Wildman–Crippen MR) is 103 cm³/mol. The maximum absolute atomic E-state index is 12.5. The van der Waals surface area contributed by atoms with E-state index >= 15 is 0 Å². The van der Waals surface area contributed by atoms with Gasteiger partial charge in [0.25, 0.3) is 0 Å². The molecule has 0 unspecified atom stereocenters. The van der Waals surface area contributed by atoms with Crippen LogP contribution in [-0.2, 0) is 9.84 Å². The molecule has 0 aliphatic heterocycles. The Morgan fingerprint density at radius 2 is 1.29 bits per heavy atom. The second-order valence-electron chi connectivity index (χ2n) is 6.66. The molecule has 2 aromatic carbocycles. The zero-order valence-corrected chi connectivity index (χ0v) is 15.7. The van der Waals surface area contributed by atoms with E-state index in [0.717, 1.165) is 30.0 Å². The summed E-state index contributed by atoms with van der Waals surface area (Å²) in [7, 11) is -3.16. The van der Waals surface area contributed by atoms with E-state index in [1.165, 1.54) is 38.5 Å². The van der Waals surface area contributed by atoms with Crippen LogP contribution in [0.3, 0.4) is 0 Å². The van der Waals surface area contributed by atoms with Crippen LogP contribution in [0.25, 0.3) is 10.8 Å². The van der Waals surface area contributed by atoms with Crippen molar-refractivity contribution in [3.8, 4) is 0 Å². The van der Waals surface area contributed by atoms with Crippen molar-refractivity contribution in [2.75, 3.05) is 5.75 Å². The highest BCUT2D eigenvalue weighted by atomic mass is 32.2. The number of hydrogen-bond acceptors (Lipinski definition) is 2. The minimum atomic E-state index is -3.16. The van der Waals surface area contributed by atoms with Crippen LogP contribution in [0.15, 0.2) is 47.4 Å². The third-order valence-corrected chi connectivity index (χ3v) is 6.39. The van der Waals surface area contributed by atoms with Crippen molar-refractivity contribution in [1.82, 2.24) is 0 Å². The first kappa shape index (κ1) is 19.0. The normalized spacial score (nSPS) is 11.9. The van der Waals surface area contributed by atoms with Crippen LogP contribution < -0.4 is 0 Å². The minimum absolute atomic E-state index is 0.265. The number of sulfone groups is 1. The second kappa shape index (κ2) is 9.83. The molecule has 0 saturated carbocycles. The molecule has 0 amide bonds. The summed E-state index contributed by atoms with van der Waals surface area (Å²) >= 11 is 0. The van der Waals surface area contributed by atoms with Crippen LogP contribution in [0.5, 0.6) is 0 Å². The summed E-state index contributed by atoms with van der Waals surface area (Å²) in [4.78, 5) is 0.459. The molecule has 0 atom stereocenters. The Morgan fingerprint density at radius 1 is 0.708 bits per heavy atom. The lowest BCUT2D eigenvalue weighted by molar-refractivity contribution is 0.565. The zero-order valence-electron chi connectivity index (χ0n) is 14.8. The van der Waals surface area contributed by atoms with Crippen LogP contribution in [-0.4, -0.2) is 14.2 Å². The van der Waals surface area contributed by atoms with Gasteiger partial charge in [-0.25, -0.2) is 8.42 Å². The van der Waals surface area contributed by atoms with Gasteiger partial charge in [-0.1, -0.05) is 88.6 Å². The summed E-state index contributed by atoms with van der Waals surface area (Å²) < 4.78 is 25.0. The standard InChI is InChI=1S/C21H30O2S/c1-2-3-4-5-6-7-8-9-12-17-24(22,23)21-16-15-19-13-10-11-14-20(19)18-21/h10-11,13-16,18H,2-9,12,17H2,1H3. The molecule has 0 saturated heterocycles. The maximum atomic E-state index is 12.5. The van der Waals surface area contributed by atoms with Gasteiger partial charge in [0.15, 0.2) is 9.84 Å². The highest BCUT2D eigenvalue weighted by Gasteiger charge is 2.14. The largest absolute Gasteiger partial charge is 0.224 e. The monoisotopic (exact) mass is 346 g/mol. The van der Waals surface area contributed by atoms with E-state index in [-0.39, 0.29) is 5.75 Å². The molecule has 0 aliphatic rings. The van der Waals surface area contributed by atoms with Crippen molar-refractivity contribution < 1.29 is 8.42 Å². The lowest BCUT2D eigenvalue weighted by Gasteiger charge is -2.06.